The first-order chi connectivity index (χ1) is 14.6. The van der Waals surface area contributed by atoms with Crippen molar-refractivity contribution in [2.75, 3.05) is 36.4 Å². The van der Waals surface area contributed by atoms with Gasteiger partial charge in [0.2, 0.25) is 0 Å². The maximum atomic E-state index is 14.1. The predicted octanol–water partition coefficient (Wildman–Crippen LogP) is 3.22. The Morgan fingerprint density at radius 1 is 0.933 bits per heavy atom. The molecule has 0 radical (unpaired) electrons. The molecule has 1 aliphatic heterocycles. The fourth-order valence-electron chi connectivity index (χ4n) is 4.06. The van der Waals surface area contributed by atoms with Crippen LogP contribution in [0.25, 0.3) is 11.1 Å². The Morgan fingerprint density at radius 3 is 2.30 bits per heavy atom. The van der Waals surface area contributed by atoms with Crippen LogP contribution in [0, 0.1) is 5.82 Å². The molecule has 1 saturated heterocycles. The van der Waals surface area contributed by atoms with E-state index < -0.39 is 0 Å². The van der Waals surface area contributed by atoms with E-state index in [0.29, 0.717) is 5.69 Å². The SMILES string of the molecule is C[C@H](C(=O)Nc1ccccc1-c1ccccc1)[NH+]1CCN(c2ccccc2F)CC1. The minimum Gasteiger partial charge on any atom is -0.358 e. The van der Waals surface area contributed by atoms with Crippen LogP contribution in [0.5, 0.6) is 0 Å². The molecule has 4 nitrogen and oxygen atoms in total. The Hall–Kier alpha value is -3.18. The van der Waals surface area contributed by atoms with Gasteiger partial charge >= 0.3 is 0 Å². The van der Waals surface area contributed by atoms with E-state index in [9.17, 15) is 9.18 Å². The van der Waals surface area contributed by atoms with Crippen LogP contribution in [-0.2, 0) is 4.79 Å². The summed E-state index contributed by atoms with van der Waals surface area (Å²) in [7, 11) is 0. The molecule has 30 heavy (non-hydrogen) atoms. The molecule has 0 unspecified atom stereocenters. The summed E-state index contributed by atoms with van der Waals surface area (Å²) < 4.78 is 14.1. The number of amides is 1. The molecule has 1 heterocycles. The number of hydrogen-bond donors (Lipinski definition) is 2. The second-order valence-corrected chi connectivity index (χ2v) is 7.72. The molecule has 4 rings (SSSR count). The van der Waals surface area contributed by atoms with Gasteiger partial charge < -0.3 is 15.1 Å². The lowest BCUT2D eigenvalue weighted by atomic mass is 10.0. The zero-order valence-corrected chi connectivity index (χ0v) is 17.1. The van der Waals surface area contributed by atoms with Crippen LogP contribution in [-0.4, -0.2) is 38.1 Å². The summed E-state index contributed by atoms with van der Waals surface area (Å²) in [6.07, 6.45) is 0. The third-order valence-corrected chi connectivity index (χ3v) is 5.87. The molecule has 1 atom stereocenters. The second-order valence-electron chi connectivity index (χ2n) is 7.72. The molecule has 0 aliphatic carbocycles. The Balaban J connectivity index is 1.40. The van der Waals surface area contributed by atoms with E-state index in [4.69, 9.17) is 0 Å². The van der Waals surface area contributed by atoms with Crippen molar-refractivity contribution in [3.63, 3.8) is 0 Å². The number of rotatable bonds is 5. The molecule has 3 aromatic rings. The topological polar surface area (TPSA) is 36.8 Å². The van der Waals surface area contributed by atoms with Gasteiger partial charge in [-0.05, 0) is 30.7 Å². The first kappa shape index (κ1) is 20.1. The average Bonchev–Trinajstić information content (AvgIpc) is 2.80. The molecule has 0 spiro atoms. The number of nitrogens with zero attached hydrogens (tertiary/aromatic N) is 1. The number of carbonyl (C=O) groups is 1. The van der Waals surface area contributed by atoms with Gasteiger partial charge in [-0.15, -0.1) is 0 Å². The number of quaternary nitrogens is 1. The molecule has 3 aromatic carbocycles. The smallest absolute Gasteiger partial charge is 0.282 e. The quantitative estimate of drug-likeness (QED) is 0.685. The van der Waals surface area contributed by atoms with Crippen molar-refractivity contribution in [1.82, 2.24) is 0 Å². The van der Waals surface area contributed by atoms with Crippen molar-refractivity contribution in [2.45, 2.75) is 13.0 Å². The van der Waals surface area contributed by atoms with Gasteiger partial charge in [0.05, 0.1) is 31.9 Å². The molecule has 2 N–H and O–H groups in total. The number of para-hydroxylation sites is 2. The van der Waals surface area contributed by atoms with Crippen molar-refractivity contribution in [2.24, 2.45) is 0 Å². The Kier molecular flexibility index (Phi) is 6.10. The van der Waals surface area contributed by atoms with E-state index in [1.54, 1.807) is 6.07 Å². The highest BCUT2D eigenvalue weighted by Crippen LogP contribution is 2.27. The molecule has 1 aliphatic rings. The van der Waals surface area contributed by atoms with Gasteiger partial charge in [0.15, 0.2) is 6.04 Å². The van der Waals surface area contributed by atoms with E-state index in [-0.39, 0.29) is 17.8 Å². The van der Waals surface area contributed by atoms with Gasteiger partial charge in [0.1, 0.15) is 5.82 Å². The number of hydrogen-bond acceptors (Lipinski definition) is 2. The lowest BCUT2D eigenvalue weighted by molar-refractivity contribution is -0.914. The van der Waals surface area contributed by atoms with E-state index in [2.05, 4.69) is 10.2 Å². The lowest BCUT2D eigenvalue weighted by Crippen LogP contribution is -3.19. The molecule has 5 heteroatoms. The summed E-state index contributed by atoms with van der Waals surface area (Å²) in [5.41, 5.74) is 3.56. The Labute approximate surface area is 176 Å². The third kappa shape index (κ3) is 4.36. The van der Waals surface area contributed by atoms with E-state index in [1.807, 2.05) is 73.7 Å². The van der Waals surface area contributed by atoms with Gasteiger partial charge in [-0.25, -0.2) is 4.39 Å². The van der Waals surface area contributed by atoms with Crippen molar-refractivity contribution < 1.29 is 14.1 Å². The van der Waals surface area contributed by atoms with Crippen LogP contribution in [0.4, 0.5) is 15.8 Å². The highest BCUT2D eigenvalue weighted by atomic mass is 19.1. The molecule has 0 saturated carbocycles. The standard InChI is InChI=1S/C25H26FN3O/c1-19(28-15-17-29(18-16-28)24-14-8-6-12-22(24)26)25(30)27-23-13-7-5-11-21(23)20-9-3-2-4-10-20/h2-14,19H,15-18H2,1H3,(H,27,30)/p+1/t19-/m1/s1. The van der Waals surface area contributed by atoms with Gasteiger partial charge in [-0.2, -0.15) is 0 Å². The minimum atomic E-state index is -0.190. The monoisotopic (exact) mass is 404 g/mol. The highest BCUT2D eigenvalue weighted by Gasteiger charge is 2.30. The van der Waals surface area contributed by atoms with Gasteiger partial charge in [0.25, 0.3) is 5.91 Å². The fourth-order valence-corrected chi connectivity index (χ4v) is 4.06. The van der Waals surface area contributed by atoms with E-state index in [0.717, 1.165) is 43.0 Å². The van der Waals surface area contributed by atoms with Gasteiger partial charge in [0, 0.05) is 11.3 Å². The lowest BCUT2D eigenvalue weighted by Gasteiger charge is -2.36. The summed E-state index contributed by atoms with van der Waals surface area (Å²) >= 11 is 0. The van der Waals surface area contributed by atoms with Crippen LogP contribution in [0.2, 0.25) is 0 Å². The van der Waals surface area contributed by atoms with Crippen LogP contribution >= 0.6 is 0 Å². The van der Waals surface area contributed by atoms with Crippen molar-refractivity contribution in [1.29, 1.82) is 0 Å². The number of halogens is 1. The van der Waals surface area contributed by atoms with Crippen LogP contribution in [0.1, 0.15) is 6.92 Å². The summed E-state index contributed by atoms with van der Waals surface area (Å²) in [5.74, 6) is -0.183. The number of carbonyl (C=O) groups excluding carboxylic acids is 1. The van der Waals surface area contributed by atoms with Crippen molar-refractivity contribution in [3.8, 4) is 11.1 Å². The van der Waals surface area contributed by atoms with Crippen LogP contribution in [0.3, 0.4) is 0 Å². The maximum absolute atomic E-state index is 14.1. The molecule has 0 bridgehead atoms. The van der Waals surface area contributed by atoms with Crippen LogP contribution < -0.4 is 15.1 Å². The van der Waals surface area contributed by atoms with Crippen molar-refractivity contribution >= 4 is 17.3 Å². The number of benzene rings is 3. The number of nitrogens with one attached hydrogen (secondary N) is 2. The Morgan fingerprint density at radius 2 is 1.57 bits per heavy atom. The molecule has 154 valence electrons. The Bertz CT molecular complexity index is 1000. The first-order valence-corrected chi connectivity index (χ1v) is 10.4. The summed E-state index contributed by atoms with van der Waals surface area (Å²) in [5, 5.41) is 3.12. The molecule has 0 aromatic heterocycles. The summed E-state index contributed by atoms with van der Waals surface area (Å²) in [4.78, 5) is 16.3. The van der Waals surface area contributed by atoms with Crippen molar-refractivity contribution in [3.05, 3.63) is 84.7 Å². The average molecular weight is 405 g/mol. The highest BCUT2D eigenvalue weighted by molar-refractivity contribution is 5.97. The minimum absolute atomic E-state index is 0.00715. The fraction of sp³-hybridized carbons (Fsp3) is 0.240. The predicted molar refractivity (Wildman–Crippen MR) is 119 cm³/mol. The summed E-state index contributed by atoms with van der Waals surface area (Å²) in [6.45, 7) is 5.02. The zero-order chi connectivity index (χ0) is 20.9. The molecule has 1 fully saturated rings. The van der Waals surface area contributed by atoms with E-state index >= 15 is 0 Å². The first-order valence-electron chi connectivity index (χ1n) is 10.4. The zero-order valence-electron chi connectivity index (χ0n) is 17.1. The normalized spacial score (nSPS) is 15.6. The summed E-state index contributed by atoms with van der Waals surface area (Å²) in [6, 6.07) is 24.6. The molecular formula is C25H27FN3O+. The molecular weight excluding hydrogens is 377 g/mol. The third-order valence-electron chi connectivity index (χ3n) is 5.87. The molecule has 1 amide bonds. The van der Waals surface area contributed by atoms with Gasteiger partial charge in [-0.3, -0.25) is 4.79 Å². The number of piperazine rings is 1. The van der Waals surface area contributed by atoms with Crippen LogP contribution in [0.15, 0.2) is 78.9 Å². The largest absolute Gasteiger partial charge is 0.358 e. The second kappa shape index (κ2) is 9.09. The maximum Gasteiger partial charge on any atom is 0.282 e. The van der Waals surface area contributed by atoms with Gasteiger partial charge in [-0.1, -0.05) is 60.7 Å². The number of anilines is 2. The van der Waals surface area contributed by atoms with E-state index in [1.165, 1.54) is 11.0 Å².